The van der Waals surface area contributed by atoms with Gasteiger partial charge in [0.25, 0.3) is 0 Å². The van der Waals surface area contributed by atoms with Crippen LogP contribution in [0.1, 0.15) is 18.4 Å². The molecule has 0 bridgehead atoms. The molecule has 17 heavy (non-hydrogen) atoms. The Kier molecular flexibility index (Phi) is 4.34. The van der Waals surface area contributed by atoms with Crippen LogP contribution in [0.25, 0.3) is 0 Å². The molecule has 1 aromatic carbocycles. The van der Waals surface area contributed by atoms with Crippen LogP contribution in [0.3, 0.4) is 0 Å². The Bertz CT molecular complexity index is 368. The van der Waals surface area contributed by atoms with Gasteiger partial charge in [0.2, 0.25) is 0 Å². The smallest absolute Gasteiger partial charge is 0.194 e. The van der Waals surface area contributed by atoms with Gasteiger partial charge in [0.15, 0.2) is 17.5 Å². The lowest BCUT2D eigenvalue weighted by molar-refractivity contribution is 0.444. The first-order chi connectivity index (χ1) is 8.16. The van der Waals surface area contributed by atoms with E-state index in [1.165, 1.54) is 18.6 Å². The molecule has 1 atom stereocenters. The summed E-state index contributed by atoms with van der Waals surface area (Å²) in [6.07, 6.45) is 2.42. The SMILES string of the molecule is Fc1cc(CNCC2CCCS2)cc(F)c1F. The van der Waals surface area contributed by atoms with E-state index in [2.05, 4.69) is 5.32 Å². The summed E-state index contributed by atoms with van der Waals surface area (Å²) in [6.45, 7) is 1.19. The zero-order valence-electron chi connectivity index (χ0n) is 9.31. The van der Waals surface area contributed by atoms with Gasteiger partial charge in [-0.15, -0.1) is 0 Å². The molecule has 0 aliphatic carbocycles. The molecule has 1 aliphatic rings. The maximum Gasteiger partial charge on any atom is 0.194 e. The summed E-state index contributed by atoms with van der Waals surface area (Å²) in [5.41, 5.74) is 0.435. The summed E-state index contributed by atoms with van der Waals surface area (Å²) in [5, 5.41) is 3.73. The van der Waals surface area contributed by atoms with Gasteiger partial charge in [-0.05, 0) is 36.3 Å². The third-order valence-electron chi connectivity index (χ3n) is 2.77. The minimum absolute atomic E-state index is 0.366. The molecule has 1 aromatic rings. The fraction of sp³-hybridized carbons (Fsp3) is 0.500. The van der Waals surface area contributed by atoms with Crippen LogP contribution in [0.15, 0.2) is 12.1 Å². The van der Waals surface area contributed by atoms with E-state index in [-0.39, 0.29) is 0 Å². The molecule has 1 saturated heterocycles. The molecule has 1 heterocycles. The first-order valence-electron chi connectivity index (χ1n) is 5.62. The van der Waals surface area contributed by atoms with Crippen molar-refractivity contribution in [2.75, 3.05) is 12.3 Å². The van der Waals surface area contributed by atoms with Gasteiger partial charge in [-0.2, -0.15) is 11.8 Å². The summed E-state index contributed by atoms with van der Waals surface area (Å²) in [5.74, 6) is -2.47. The van der Waals surface area contributed by atoms with Crippen molar-refractivity contribution in [2.45, 2.75) is 24.6 Å². The predicted octanol–water partition coefficient (Wildman–Crippen LogP) is 3.09. The van der Waals surface area contributed by atoms with E-state index in [1.807, 2.05) is 11.8 Å². The van der Waals surface area contributed by atoms with Crippen molar-refractivity contribution >= 4 is 11.8 Å². The lowest BCUT2D eigenvalue weighted by Gasteiger charge is -2.10. The Morgan fingerprint density at radius 2 is 1.94 bits per heavy atom. The van der Waals surface area contributed by atoms with Crippen LogP contribution in [0, 0.1) is 17.5 Å². The van der Waals surface area contributed by atoms with Crippen LogP contribution in [0.2, 0.25) is 0 Å². The highest BCUT2D eigenvalue weighted by Gasteiger charge is 2.15. The summed E-state index contributed by atoms with van der Waals surface area (Å²) >= 11 is 1.92. The number of halogens is 3. The Balaban J connectivity index is 1.86. The molecule has 1 aliphatic heterocycles. The van der Waals surface area contributed by atoms with E-state index in [1.54, 1.807) is 0 Å². The summed E-state index contributed by atoms with van der Waals surface area (Å²) < 4.78 is 38.5. The summed E-state index contributed by atoms with van der Waals surface area (Å²) in [6, 6.07) is 2.07. The molecule has 2 rings (SSSR count). The quantitative estimate of drug-likeness (QED) is 0.836. The molecular weight excluding hydrogens is 247 g/mol. The van der Waals surface area contributed by atoms with Crippen molar-refractivity contribution in [1.29, 1.82) is 0 Å². The number of benzene rings is 1. The zero-order valence-corrected chi connectivity index (χ0v) is 10.1. The van der Waals surface area contributed by atoms with E-state index in [0.717, 1.165) is 18.7 Å². The van der Waals surface area contributed by atoms with Crippen LogP contribution >= 0.6 is 11.8 Å². The first-order valence-corrected chi connectivity index (χ1v) is 6.67. The summed E-state index contributed by atoms with van der Waals surface area (Å²) in [4.78, 5) is 0. The van der Waals surface area contributed by atoms with Crippen LogP contribution in [0.4, 0.5) is 13.2 Å². The van der Waals surface area contributed by atoms with E-state index in [4.69, 9.17) is 0 Å². The molecule has 0 aromatic heterocycles. The van der Waals surface area contributed by atoms with E-state index >= 15 is 0 Å². The molecule has 1 unspecified atom stereocenters. The molecule has 0 amide bonds. The number of rotatable bonds is 4. The number of nitrogens with one attached hydrogen (secondary N) is 1. The fourth-order valence-electron chi connectivity index (χ4n) is 1.89. The van der Waals surface area contributed by atoms with Crippen LogP contribution in [-0.4, -0.2) is 17.5 Å². The van der Waals surface area contributed by atoms with Crippen molar-refractivity contribution in [3.05, 3.63) is 35.1 Å². The molecule has 0 saturated carbocycles. The van der Waals surface area contributed by atoms with Gasteiger partial charge < -0.3 is 5.32 Å². The topological polar surface area (TPSA) is 12.0 Å². The highest BCUT2D eigenvalue weighted by Crippen LogP contribution is 2.25. The monoisotopic (exact) mass is 261 g/mol. The minimum atomic E-state index is -1.40. The lowest BCUT2D eigenvalue weighted by atomic mass is 10.2. The third kappa shape index (κ3) is 3.39. The largest absolute Gasteiger partial charge is 0.312 e. The second kappa shape index (κ2) is 5.78. The van der Waals surface area contributed by atoms with Crippen molar-refractivity contribution < 1.29 is 13.2 Å². The Morgan fingerprint density at radius 3 is 2.53 bits per heavy atom. The molecule has 1 N–H and O–H groups in total. The van der Waals surface area contributed by atoms with Crippen LogP contribution in [-0.2, 0) is 6.54 Å². The second-order valence-electron chi connectivity index (χ2n) is 4.14. The Morgan fingerprint density at radius 1 is 1.24 bits per heavy atom. The lowest BCUT2D eigenvalue weighted by Crippen LogP contribution is -2.22. The molecule has 0 radical (unpaired) electrons. The number of thioether (sulfide) groups is 1. The van der Waals surface area contributed by atoms with Crippen molar-refractivity contribution in [3.63, 3.8) is 0 Å². The Hall–Kier alpha value is -0.680. The normalized spacial score (nSPS) is 19.8. The second-order valence-corrected chi connectivity index (χ2v) is 5.55. The maximum atomic E-state index is 12.9. The number of hydrogen-bond acceptors (Lipinski definition) is 2. The maximum absolute atomic E-state index is 12.9. The van der Waals surface area contributed by atoms with Gasteiger partial charge in [0.05, 0.1) is 0 Å². The standard InChI is InChI=1S/C12H14F3NS/c13-10-4-8(5-11(14)12(10)15)6-16-7-9-2-1-3-17-9/h4-5,9,16H,1-3,6-7H2. The fourth-order valence-corrected chi connectivity index (χ4v) is 3.13. The van der Waals surface area contributed by atoms with Crippen LogP contribution in [0.5, 0.6) is 0 Å². The highest BCUT2D eigenvalue weighted by atomic mass is 32.2. The first kappa shape index (κ1) is 12.8. The highest BCUT2D eigenvalue weighted by molar-refractivity contribution is 8.00. The molecule has 94 valence electrons. The molecular formula is C12H14F3NS. The minimum Gasteiger partial charge on any atom is -0.312 e. The predicted molar refractivity (Wildman–Crippen MR) is 63.5 cm³/mol. The van der Waals surface area contributed by atoms with Crippen molar-refractivity contribution in [3.8, 4) is 0 Å². The van der Waals surface area contributed by atoms with Gasteiger partial charge in [-0.1, -0.05) is 0 Å². The molecule has 1 nitrogen and oxygen atoms in total. The van der Waals surface area contributed by atoms with Crippen molar-refractivity contribution in [2.24, 2.45) is 0 Å². The van der Waals surface area contributed by atoms with Gasteiger partial charge in [-0.3, -0.25) is 0 Å². The zero-order chi connectivity index (χ0) is 12.3. The Labute approximate surface area is 103 Å². The molecule has 1 fully saturated rings. The molecule has 0 spiro atoms. The average Bonchev–Trinajstić information content (AvgIpc) is 2.79. The van der Waals surface area contributed by atoms with Gasteiger partial charge in [0.1, 0.15) is 0 Å². The van der Waals surface area contributed by atoms with E-state index < -0.39 is 17.5 Å². The number of hydrogen-bond donors (Lipinski definition) is 1. The van der Waals surface area contributed by atoms with Gasteiger partial charge in [-0.25, -0.2) is 13.2 Å². The van der Waals surface area contributed by atoms with Gasteiger partial charge >= 0.3 is 0 Å². The van der Waals surface area contributed by atoms with E-state index in [9.17, 15) is 13.2 Å². The molecule has 5 heteroatoms. The van der Waals surface area contributed by atoms with Gasteiger partial charge in [0, 0.05) is 18.3 Å². The van der Waals surface area contributed by atoms with Crippen LogP contribution < -0.4 is 5.32 Å². The summed E-state index contributed by atoms with van der Waals surface area (Å²) in [7, 11) is 0. The average molecular weight is 261 g/mol. The van der Waals surface area contributed by atoms with E-state index in [0.29, 0.717) is 17.4 Å². The van der Waals surface area contributed by atoms with Crippen molar-refractivity contribution in [1.82, 2.24) is 5.32 Å². The third-order valence-corrected chi connectivity index (χ3v) is 4.17.